The molecule has 2 aromatic carbocycles. The molecule has 0 heterocycles. The van der Waals surface area contributed by atoms with Gasteiger partial charge in [0.2, 0.25) is 0 Å². The molecule has 0 amide bonds. The van der Waals surface area contributed by atoms with Gasteiger partial charge in [-0.2, -0.15) is 0 Å². The van der Waals surface area contributed by atoms with Crippen molar-refractivity contribution in [3.8, 4) is 0 Å². The van der Waals surface area contributed by atoms with Crippen molar-refractivity contribution in [1.29, 1.82) is 0 Å². The van der Waals surface area contributed by atoms with Gasteiger partial charge in [-0.3, -0.25) is 0 Å². The maximum Gasteiger partial charge on any atom is 0.175 e. The van der Waals surface area contributed by atoms with E-state index in [1.54, 1.807) is 12.1 Å². The lowest BCUT2D eigenvalue weighted by Crippen LogP contribution is -2.04. The van der Waals surface area contributed by atoms with E-state index >= 15 is 0 Å². The molecule has 1 N–H and O–H groups in total. The van der Waals surface area contributed by atoms with E-state index in [2.05, 4.69) is 5.32 Å². The molecule has 0 aliphatic carbocycles. The fourth-order valence-corrected chi connectivity index (χ4v) is 2.34. The first-order valence-corrected chi connectivity index (χ1v) is 7.84. The Morgan fingerprint density at radius 1 is 0.952 bits per heavy atom. The van der Waals surface area contributed by atoms with Crippen molar-refractivity contribution >= 4 is 15.5 Å². The smallest absolute Gasteiger partial charge is 0.175 e. The van der Waals surface area contributed by atoms with E-state index < -0.39 is 27.3 Å². The Hall–Kier alpha value is -2.02. The molecule has 0 bridgehead atoms. The Morgan fingerprint density at radius 3 is 2.10 bits per heavy atom. The zero-order valence-electron chi connectivity index (χ0n) is 11.0. The maximum absolute atomic E-state index is 13.4. The Balaban J connectivity index is 2.12. The molecule has 0 saturated carbocycles. The third-order valence-corrected chi connectivity index (χ3v) is 3.97. The molecule has 0 aromatic heterocycles. The van der Waals surface area contributed by atoms with Crippen LogP contribution in [0.2, 0.25) is 0 Å². The minimum atomic E-state index is -3.28. The summed E-state index contributed by atoms with van der Waals surface area (Å²) in [6.07, 6.45) is 1.09. The predicted octanol–water partition coefficient (Wildman–Crippen LogP) is 3.12. The molecule has 2 aromatic rings. The van der Waals surface area contributed by atoms with Crippen LogP contribution in [0.25, 0.3) is 0 Å². The van der Waals surface area contributed by atoms with Gasteiger partial charge in [0, 0.05) is 24.9 Å². The van der Waals surface area contributed by atoms with Crippen LogP contribution in [0.3, 0.4) is 0 Å². The third kappa shape index (κ3) is 3.75. The average Bonchev–Trinajstić information content (AvgIpc) is 2.41. The zero-order valence-corrected chi connectivity index (χ0v) is 11.8. The van der Waals surface area contributed by atoms with Crippen molar-refractivity contribution < 1.29 is 21.6 Å². The van der Waals surface area contributed by atoms with Gasteiger partial charge in [-0.25, -0.2) is 21.6 Å². The normalized spacial score (nSPS) is 11.4. The number of halogens is 3. The first-order valence-electron chi connectivity index (χ1n) is 5.95. The summed E-state index contributed by atoms with van der Waals surface area (Å²) in [6, 6.07) is 7.16. The second-order valence-electron chi connectivity index (χ2n) is 4.52. The monoisotopic (exact) mass is 315 g/mol. The van der Waals surface area contributed by atoms with Crippen LogP contribution in [0.4, 0.5) is 18.9 Å². The largest absolute Gasteiger partial charge is 0.379 e. The van der Waals surface area contributed by atoms with Crippen molar-refractivity contribution in [2.75, 3.05) is 11.6 Å². The molecule has 112 valence electrons. The Bertz CT molecular complexity index is 759. The van der Waals surface area contributed by atoms with Gasteiger partial charge in [0.25, 0.3) is 0 Å². The minimum Gasteiger partial charge on any atom is -0.379 e. The van der Waals surface area contributed by atoms with Crippen LogP contribution >= 0.6 is 0 Å². The highest BCUT2D eigenvalue weighted by Gasteiger charge is 2.10. The van der Waals surface area contributed by atoms with Crippen molar-refractivity contribution in [2.24, 2.45) is 0 Å². The molecule has 0 atom stereocenters. The van der Waals surface area contributed by atoms with Crippen LogP contribution in [0.15, 0.2) is 41.3 Å². The molecule has 0 aliphatic rings. The summed E-state index contributed by atoms with van der Waals surface area (Å²) in [5.74, 6) is -3.30. The standard InChI is InChI=1S/C14H12F3NO2S/c1-21(19,20)10-4-2-9(3-5-10)8-18-14-7-12(16)11(15)6-13(14)17/h2-7,18H,8H2,1H3. The minimum absolute atomic E-state index is 0.145. The summed E-state index contributed by atoms with van der Waals surface area (Å²) >= 11 is 0. The lowest BCUT2D eigenvalue weighted by molar-refractivity contribution is 0.496. The summed E-state index contributed by atoms with van der Waals surface area (Å²) < 4.78 is 61.8. The van der Waals surface area contributed by atoms with Crippen molar-refractivity contribution in [3.05, 3.63) is 59.4 Å². The van der Waals surface area contributed by atoms with Gasteiger partial charge in [-0.15, -0.1) is 0 Å². The van der Waals surface area contributed by atoms with E-state index in [0.29, 0.717) is 11.6 Å². The van der Waals surface area contributed by atoms with Crippen molar-refractivity contribution in [3.63, 3.8) is 0 Å². The van der Waals surface area contributed by atoms with Crippen LogP contribution in [-0.4, -0.2) is 14.7 Å². The van der Waals surface area contributed by atoms with Crippen LogP contribution in [0.5, 0.6) is 0 Å². The second kappa shape index (κ2) is 5.77. The van der Waals surface area contributed by atoms with Crippen LogP contribution in [0, 0.1) is 17.5 Å². The molecule has 3 nitrogen and oxygen atoms in total. The van der Waals surface area contributed by atoms with E-state index in [-0.39, 0.29) is 17.1 Å². The summed E-state index contributed by atoms with van der Waals surface area (Å²) in [7, 11) is -3.28. The van der Waals surface area contributed by atoms with Gasteiger partial charge in [-0.1, -0.05) is 12.1 Å². The van der Waals surface area contributed by atoms with E-state index in [1.807, 2.05) is 0 Å². The number of anilines is 1. The van der Waals surface area contributed by atoms with Crippen LogP contribution in [-0.2, 0) is 16.4 Å². The summed E-state index contributed by atoms with van der Waals surface area (Å²) in [6.45, 7) is 0.145. The zero-order chi connectivity index (χ0) is 15.6. The first-order chi connectivity index (χ1) is 9.77. The topological polar surface area (TPSA) is 46.2 Å². The molecular formula is C14H12F3NO2S. The van der Waals surface area contributed by atoms with Gasteiger partial charge < -0.3 is 5.32 Å². The first kappa shape index (κ1) is 15.4. The van der Waals surface area contributed by atoms with Gasteiger partial charge in [-0.05, 0) is 17.7 Å². The van der Waals surface area contributed by atoms with Crippen molar-refractivity contribution in [1.82, 2.24) is 0 Å². The Labute approximate surface area is 120 Å². The Kier molecular flexibility index (Phi) is 4.22. The fourth-order valence-electron chi connectivity index (χ4n) is 1.71. The highest BCUT2D eigenvalue weighted by molar-refractivity contribution is 7.90. The number of benzene rings is 2. The molecule has 0 spiro atoms. The summed E-state index contributed by atoms with van der Waals surface area (Å²) in [5, 5.41) is 2.62. The molecule has 0 saturated heterocycles. The number of nitrogens with one attached hydrogen (secondary N) is 1. The molecule has 7 heteroatoms. The van der Waals surface area contributed by atoms with Gasteiger partial charge in [0.1, 0.15) is 5.82 Å². The summed E-state index contributed by atoms with van der Waals surface area (Å²) in [4.78, 5) is 0.172. The maximum atomic E-state index is 13.4. The number of hydrogen-bond acceptors (Lipinski definition) is 3. The highest BCUT2D eigenvalue weighted by Crippen LogP contribution is 2.19. The average molecular weight is 315 g/mol. The number of sulfone groups is 1. The van der Waals surface area contributed by atoms with Crippen LogP contribution < -0.4 is 5.32 Å². The van der Waals surface area contributed by atoms with Crippen molar-refractivity contribution in [2.45, 2.75) is 11.4 Å². The molecule has 21 heavy (non-hydrogen) atoms. The molecule has 2 rings (SSSR count). The van der Waals surface area contributed by atoms with Crippen LogP contribution in [0.1, 0.15) is 5.56 Å². The highest BCUT2D eigenvalue weighted by atomic mass is 32.2. The number of rotatable bonds is 4. The quantitative estimate of drug-likeness (QED) is 0.882. The SMILES string of the molecule is CS(=O)(=O)c1ccc(CNc2cc(F)c(F)cc2F)cc1. The third-order valence-electron chi connectivity index (χ3n) is 2.84. The predicted molar refractivity (Wildman–Crippen MR) is 73.2 cm³/mol. The van der Waals surface area contributed by atoms with E-state index in [9.17, 15) is 21.6 Å². The number of hydrogen-bond donors (Lipinski definition) is 1. The van der Waals surface area contributed by atoms with E-state index in [4.69, 9.17) is 0 Å². The lowest BCUT2D eigenvalue weighted by Gasteiger charge is -2.09. The molecule has 0 fully saturated rings. The van der Waals surface area contributed by atoms with Gasteiger partial charge >= 0.3 is 0 Å². The molecular weight excluding hydrogens is 303 g/mol. The fraction of sp³-hybridized carbons (Fsp3) is 0.143. The Morgan fingerprint density at radius 2 is 1.52 bits per heavy atom. The van der Waals surface area contributed by atoms with Gasteiger partial charge in [0.05, 0.1) is 10.6 Å². The van der Waals surface area contributed by atoms with E-state index in [0.717, 1.165) is 12.3 Å². The molecule has 0 aliphatic heterocycles. The summed E-state index contributed by atoms with van der Waals surface area (Å²) in [5.41, 5.74) is 0.507. The van der Waals surface area contributed by atoms with E-state index in [1.165, 1.54) is 12.1 Å². The molecule has 0 radical (unpaired) electrons. The molecule has 0 unspecified atom stereocenters. The second-order valence-corrected chi connectivity index (χ2v) is 6.53. The lowest BCUT2D eigenvalue weighted by atomic mass is 10.2. The van der Waals surface area contributed by atoms with Gasteiger partial charge in [0.15, 0.2) is 21.5 Å².